The molecule has 102 valence electrons. The summed E-state index contributed by atoms with van der Waals surface area (Å²) in [7, 11) is -2.03. The molecule has 0 saturated heterocycles. The predicted molar refractivity (Wildman–Crippen MR) is 62.8 cm³/mol. The van der Waals surface area contributed by atoms with Gasteiger partial charge in [-0.1, -0.05) is 6.92 Å². The third-order valence-corrected chi connectivity index (χ3v) is 4.49. The number of carbonyl (C=O) groups is 1. The van der Waals surface area contributed by atoms with E-state index in [2.05, 4.69) is 0 Å². The molecule has 7 heteroatoms. The van der Waals surface area contributed by atoms with Crippen molar-refractivity contribution in [2.24, 2.45) is 0 Å². The van der Waals surface area contributed by atoms with Crippen molar-refractivity contribution < 1.29 is 27.8 Å². The van der Waals surface area contributed by atoms with E-state index in [1.54, 1.807) is 14.0 Å². The van der Waals surface area contributed by atoms with Crippen LogP contribution in [0.2, 0.25) is 0 Å². The summed E-state index contributed by atoms with van der Waals surface area (Å²) in [5.74, 6) is -1.45. The van der Waals surface area contributed by atoms with Crippen molar-refractivity contribution in [2.45, 2.75) is 25.0 Å². The Morgan fingerprint density at radius 2 is 1.94 bits per heavy atom. The van der Waals surface area contributed by atoms with Crippen LogP contribution >= 0.6 is 0 Å². The summed E-state index contributed by atoms with van der Waals surface area (Å²) in [6.45, 7) is 2.70. The van der Waals surface area contributed by atoms with E-state index in [0.717, 1.165) is 0 Å². The lowest BCUT2D eigenvalue weighted by Gasteiger charge is -2.11. The topological polar surface area (TPSA) is 89.9 Å². The average molecular weight is 268 g/mol. The highest BCUT2D eigenvalue weighted by Crippen LogP contribution is 2.08. The number of aliphatic carboxylic acids is 1. The molecule has 17 heavy (non-hydrogen) atoms. The molecule has 0 aromatic carbocycles. The zero-order chi connectivity index (χ0) is 13.3. The van der Waals surface area contributed by atoms with Gasteiger partial charge in [0.1, 0.15) is 0 Å². The Balaban J connectivity index is 3.97. The van der Waals surface area contributed by atoms with Crippen molar-refractivity contribution in [3.63, 3.8) is 0 Å². The van der Waals surface area contributed by atoms with Crippen LogP contribution in [0.5, 0.6) is 0 Å². The average Bonchev–Trinajstić information content (AvgIpc) is 2.23. The van der Waals surface area contributed by atoms with Gasteiger partial charge in [0.15, 0.2) is 15.1 Å². The molecule has 0 radical (unpaired) electrons. The van der Waals surface area contributed by atoms with Crippen LogP contribution in [0.25, 0.3) is 0 Å². The van der Waals surface area contributed by atoms with Crippen LogP contribution in [0.15, 0.2) is 0 Å². The standard InChI is InChI=1S/C10H20O6S/c1-3-9(10(11)12)17(13,14)8-4-5-16-7-6-15-2/h9H,3-8H2,1-2H3,(H,11,12). The Bertz CT molecular complexity index is 311. The van der Waals surface area contributed by atoms with Crippen molar-refractivity contribution in [3.05, 3.63) is 0 Å². The molecule has 1 atom stereocenters. The molecule has 0 rings (SSSR count). The van der Waals surface area contributed by atoms with Gasteiger partial charge >= 0.3 is 5.97 Å². The van der Waals surface area contributed by atoms with Crippen LogP contribution in [-0.2, 0) is 24.1 Å². The lowest BCUT2D eigenvalue weighted by atomic mass is 10.3. The summed E-state index contributed by atoms with van der Waals surface area (Å²) in [5, 5.41) is 7.45. The van der Waals surface area contributed by atoms with Gasteiger partial charge in [0.25, 0.3) is 0 Å². The molecule has 0 amide bonds. The third kappa shape index (κ3) is 6.60. The first-order chi connectivity index (χ1) is 7.95. The Hall–Kier alpha value is -0.660. The minimum absolute atomic E-state index is 0.0855. The lowest BCUT2D eigenvalue weighted by molar-refractivity contribution is -0.136. The fraction of sp³-hybridized carbons (Fsp3) is 0.900. The summed E-state index contributed by atoms with van der Waals surface area (Å²) in [6, 6.07) is 0. The van der Waals surface area contributed by atoms with Crippen molar-refractivity contribution >= 4 is 15.8 Å². The highest BCUT2D eigenvalue weighted by molar-refractivity contribution is 7.92. The van der Waals surface area contributed by atoms with Gasteiger partial charge in [-0.05, 0) is 12.8 Å². The summed E-state index contributed by atoms with van der Waals surface area (Å²) in [4.78, 5) is 10.7. The SMILES string of the molecule is CCC(C(=O)O)S(=O)(=O)CCCOCCOC. The largest absolute Gasteiger partial charge is 0.480 e. The van der Waals surface area contributed by atoms with E-state index >= 15 is 0 Å². The second kappa shape index (κ2) is 8.43. The fourth-order valence-electron chi connectivity index (χ4n) is 1.33. The number of carboxylic acids is 1. The summed E-state index contributed by atoms with van der Waals surface area (Å²) < 4.78 is 33.1. The third-order valence-electron chi connectivity index (χ3n) is 2.23. The zero-order valence-electron chi connectivity index (χ0n) is 10.2. The number of sulfone groups is 1. The summed E-state index contributed by atoms with van der Waals surface area (Å²) >= 11 is 0. The van der Waals surface area contributed by atoms with Crippen molar-refractivity contribution in [2.75, 3.05) is 32.7 Å². The summed E-state index contributed by atoms with van der Waals surface area (Å²) in [6.07, 6.45) is 0.387. The number of ether oxygens (including phenoxy) is 2. The minimum atomic E-state index is -3.58. The molecular formula is C10H20O6S. The predicted octanol–water partition coefficient (Wildman–Crippen LogP) is 0.318. The first-order valence-corrected chi connectivity index (χ1v) is 7.18. The van der Waals surface area contributed by atoms with Gasteiger partial charge in [-0.25, -0.2) is 8.42 Å². The highest BCUT2D eigenvalue weighted by Gasteiger charge is 2.29. The number of rotatable bonds is 10. The quantitative estimate of drug-likeness (QED) is 0.574. The molecule has 0 heterocycles. The van der Waals surface area contributed by atoms with E-state index in [9.17, 15) is 13.2 Å². The molecule has 0 aromatic rings. The Morgan fingerprint density at radius 3 is 2.41 bits per heavy atom. The summed E-state index contributed by atoms with van der Waals surface area (Å²) in [5.41, 5.74) is 0. The van der Waals surface area contributed by atoms with Crippen LogP contribution in [0.4, 0.5) is 0 Å². The van der Waals surface area contributed by atoms with Crippen LogP contribution in [-0.4, -0.2) is 57.4 Å². The molecule has 0 aliphatic heterocycles. The molecule has 0 aliphatic carbocycles. The lowest BCUT2D eigenvalue weighted by Crippen LogP contribution is -2.31. The first kappa shape index (κ1) is 16.3. The van der Waals surface area contributed by atoms with E-state index < -0.39 is 21.1 Å². The van der Waals surface area contributed by atoms with E-state index in [1.807, 2.05) is 0 Å². The number of methoxy groups -OCH3 is 1. The maximum absolute atomic E-state index is 11.6. The first-order valence-electron chi connectivity index (χ1n) is 5.46. The van der Waals surface area contributed by atoms with E-state index in [-0.39, 0.29) is 12.2 Å². The Morgan fingerprint density at radius 1 is 1.29 bits per heavy atom. The maximum atomic E-state index is 11.6. The molecule has 6 nitrogen and oxygen atoms in total. The van der Waals surface area contributed by atoms with Crippen LogP contribution in [0, 0.1) is 0 Å². The van der Waals surface area contributed by atoms with E-state index in [1.165, 1.54) is 0 Å². The second-order valence-electron chi connectivity index (χ2n) is 3.56. The smallest absolute Gasteiger partial charge is 0.321 e. The maximum Gasteiger partial charge on any atom is 0.321 e. The normalized spacial score (nSPS) is 13.5. The van der Waals surface area contributed by atoms with Crippen LogP contribution in [0.1, 0.15) is 19.8 Å². The molecule has 1 unspecified atom stereocenters. The zero-order valence-corrected chi connectivity index (χ0v) is 11.0. The van der Waals surface area contributed by atoms with Crippen molar-refractivity contribution in [1.29, 1.82) is 0 Å². The Labute approximate surface area is 102 Å². The van der Waals surface area contributed by atoms with Crippen LogP contribution in [0.3, 0.4) is 0 Å². The van der Waals surface area contributed by atoms with Gasteiger partial charge in [0.2, 0.25) is 0 Å². The highest BCUT2D eigenvalue weighted by atomic mass is 32.2. The van der Waals surface area contributed by atoms with Crippen molar-refractivity contribution in [1.82, 2.24) is 0 Å². The number of carboxylic acid groups (broad SMARTS) is 1. The van der Waals surface area contributed by atoms with Gasteiger partial charge in [0.05, 0.1) is 19.0 Å². The Kier molecular flexibility index (Phi) is 8.11. The molecule has 0 spiro atoms. The van der Waals surface area contributed by atoms with Gasteiger partial charge in [-0.3, -0.25) is 4.79 Å². The molecule has 0 aliphatic rings. The number of hydrogen-bond donors (Lipinski definition) is 1. The minimum Gasteiger partial charge on any atom is -0.480 e. The molecule has 0 fully saturated rings. The van der Waals surface area contributed by atoms with Gasteiger partial charge in [-0.15, -0.1) is 0 Å². The molecule has 1 N–H and O–H groups in total. The van der Waals surface area contributed by atoms with Gasteiger partial charge in [0, 0.05) is 13.7 Å². The molecule has 0 bridgehead atoms. The molecule has 0 saturated carbocycles. The molecular weight excluding hydrogens is 248 g/mol. The van der Waals surface area contributed by atoms with Crippen molar-refractivity contribution in [3.8, 4) is 0 Å². The molecule has 0 aromatic heterocycles. The van der Waals surface area contributed by atoms with E-state index in [4.69, 9.17) is 14.6 Å². The second-order valence-corrected chi connectivity index (χ2v) is 5.86. The fourth-order valence-corrected chi connectivity index (χ4v) is 2.95. The van der Waals surface area contributed by atoms with Crippen LogP contribution < -0.4 is 0 Å². The monoisotopic (exact) mass is 268 g/mol. The number of hydrogen-bond acceptors (Lipinski definition) is 5. The van der Waals surface area contributed by atoms with Gasteiger partial charge in [-0.2, -0.15) is 0 Å². The van der Waals surface area contributed by atoms with Gasteiger partial charge < -0.3 is 14.6 Å². The van der Waals surface area contributed by atoms with E-state index in [0.29, 0.717) is 26.2 Å².